The van der Waals surface area contributed by atoms with Gasteiger partial charge in [0.05, 0.1) is 0 Å². The van der Waals surface area contributed by atoms with E-state index in [9.17, 15) is 9.59 Å². The molecule has 0 fully saturated rings. The summed E-state index contributed by atoms with van der Waals surface area (Å²) < 4.78 is 0. The average Bonchev–Trinajstić information content (AvgIpc) is 2.62. The molecule has 0 aromatic heterocycles. The number of amides is 1. The highest BCUT2D eigenvalue weighted by Gasteiger charge is 2.13. The number of carbonyl (C=O) groups is 2. The van der Waals surface area contributed by atoms with E-state index in [0.29, 0.717) is 12.0 Å². The molecule has 128 valence electrons. The highest BCUT2D eigenvalue weighted by molar-refractivity contribution is 6.07. The summed E-state index contributed by atoms with van der Waals surface area (Å²) in [6.45, 7) is 0. The van der Waals surface area contributed by atoms with Crippen LogP contribution < -0.4 is 5.32 Å². The number of hydrogen-bond acceptors (Lipinski definition) is 2. The van der Waals surface area contributed by atoms with E-state index in [1.807, 2.05) is 54.6 Å². The maximum absolute atomic E-state index is 12.6. The molecule has 3 rings (SSSR count). The van der Waals surface area contributed by atoms with E-state index in [4.69, 9.17) is 5.11 Å². The minimum atomic E-state index is -0.755. The van der Waals surface area contributed by atoms with Crippen molar-refractivity contribution in [3.63, 3.8) is 0 Å². The van der Waals surface area contributed by atoms with Gasteiger partial charge in [-0.3, -0.25) is 9.59 Å². The molecule has 0 bridgehead atoms. The quantitative estimate of drug-likeness (QED) is 0.821. The Morgan fingerprint density at radius 3 is 2.56 bits per heavy atom. The second-order valence-corrected chi connectivity index (χ2v) is 6.24. The van der Waals surface area contributed by atoms with E-state index in [1.54, 1.807) is 0 Å². The standard InChI is InChI=1S/C21H21NO3/c23-20(24)10-3-5-15-11-13-17(14-12-15)22-21(25)19-9-4-7-16-6-1-2-8-18(16)19/h1-2,4,6-9,11,13H,3,5,10,12,14H2,(H,22,25)(H,23,24). The number of carboxylic acid groups (broad SMARTS) is 1. The number of fused-ring (bicyclic) bond motifs is 1. The van der Waals surface area contributed by atoms with Crippen molar-refractivity contribution >= 4 is 22.6 Å². The molecule has 0 atom stereocenters. The summed E-state index contributed by atoms with van der Waals surface area (Å²) in [4.78, 5) is 23.2. The Hall–Kier alpha value is -2.88. The zero-order valence-electron chi connectivity index (χ0n) is 14.0. The summed E-state index contributed by atoms with van der Waals surface area (Å²) in [5, 5.41) is 13.7. The van der Waals surface area contributed by atoms with E-state index in [1.165, 1.54) is 5.57 Å². The fraction of sp³-hybridized carbons (Fsp3) is 0.238. The molecule has 2 N–H and O–H groups in total. The van der Waals surface area contributed by atoms with Crippen molar-refractivity contribution in [2.75, 3.05) is 0 Å². The number of nitrogens with one attached hydrogen (secondary N) is 1. The lowest BCUT2D eigenvalue weighted by molar-refractivity contribution is -0.137. The molecule has 0 unspecified atom stereocenters. The first-order valence-corrected chi connectivity index (χ1v) is 8.53. The third-order valence-corrected chi connectivity index (χ3v) is 4.43. The number of allylic oxidation sites excluding steroid dienone is 4. The first-order chi connectivity index (χ1) is 12.1. The number of carbonyl (C=O) groups excluding carboxylic acids is 1. The van der Waals surface area contributed by atoms with Crippen LogP contribution >= 0.6 is 0 Å². The van der Waals surface area contributed by atoms with Gasteiger partial charge in [-0.25, -0.2) is 0 Å². The molecule has 4 heteroatoms. The Balaban J connectivity index is 1.66. The lowest BCUT2D eigenvalue weighted by Gasteiger charge is -2.16. The van der Waals surface area contributed by atoms with Gasteiger partial charge in [-0.1, -0.05) is 48.0 Å². The highest BCUT2D eigenvalue weighted by Crippen LogP contribution is 2.23. The van der Waals surface area contributed by atoms with Crippen LogP contribution in [0.4, 0.5) is 0 Å². The number of benzene rings is 2. The smallest absolute Gasteiger partial charge is 0.303 e. The number of hydrogen-bond donors (Lipinski definition) is 2. The van der Waals surface area contributed by atoms with Gasteiger partial charge in [0.25, 0.3) is 5.91 Å². The largest absolute Gasteiger partial charge is 0.481 e. The van der Waals surface area contributed by atoms with Gasteiger partial charge in [0.15, 0.2) is 0 Å². The minimum Gasteiger partial charge on any atom is -0.481 e. The first-order valence-electron chi connectivity index (χ1n) is 8.53. The normalized spacial score (nSPS) is 13.9. The maximum atomic E-state index is 12.6. The van der Waals surface area contributed by atoms with Crippen LogP contribution in [-0.4, -0.2) is 17.0 Å². The molecule has 0 heterocycles. The Labute approximate surface area is 146 Å². The van der Waals surface area contributed by atoms with Crippen LogP contribution in [0.5, 0.6) is 0 Å². The van der Waals surface area contributed by atoms with E-state index < -0.39 is 5.97 Å². The molecule has 0 saturated heterocycles. The van der Waals surface area contributed by atoms with Gasteiger partial charge in [-0.2, -0.15) is 0 Å². The lowest BCUT2D eigenvalue weighted by Crippen LogP contribution is -2.23. The van der Waals surface area contributed by atoms with Gasteiger partial charge in [0.1, 0.15) is 0 Å². The van der Waals surface area contributed by atoms with Crippen LogP contribution in [-0.2, 0) is 4.79 Å². The molecule has 2 aromatic rings. The topological polar surface area (TPSA) is 66.4 Å². The zero-order chi connectivity index (χ0) is 17.6. The Morgan fingerprint density at radius 2 is 1.80 bits per heavy atom. The fourth-order valence-electron chi connectivity index (χ4n) is 3.10. The van der Waals surface area contributed by atoms with Crippen LogP contribution in [0.15, 0.2) is 65.9 Å². The molecular weight excluding hydrogens is 314 g/mol. The lowest BCUT2D eigenvalue weighted by atomic mass is 9.97. The molecule has 0 spiro atoms. The maximum Gasteiger partial charge on any atom is 0.303 e. The van der Waals surface area contributed by atoms with E-state index >= 15 is 0 Å². The predicted molar refractivity (Wildman–Crippen MR) is 98.3 cm³/mol. The Morgan fingerprint density at radius 1 is 1.00 bits per heavy atom. The predicted octanol–water partition coefficient (Wildman–Crippen LogP) is 4.43. The molecule has 1 amide bonds. The summed E-state index contributed by atoms with van der Waals surface area (Å²) >= 11 is 0. The van der Waals surface area contributed by atoms with E-state index in [0.717, 1.165) is 35.7 Å². The van der Waals surface area contributed by atoms with Crippen LogP contribution in [0.25, 0.3) is 10.8 Å². The molecule has 0 aliphatic heterocycles. The van der Waals surface area contributed by atoms with Crippen LogP contribution in [0.1, 0.15) is 42.5 Å². The molecular formula is C21H21NO3. The minimum absolute atomic E-state index is 0.0919. The monoisotopic (exact) mass is 335 g/mol. The van der Waals surface area contributed by atoms with Crippen LogP contribution in [0, 0.1) is 0 Å². The highest BCUT2D eigenvalue weighted by atomic mass is 16.4. The molecule has 25 heavy (non-hydrogen) atoms. The number of aliphatic carboxylic acids is 1. The SMILES string of the molecule is O=C(O)CCCC1=CC=C(NC(=O)c2cccc3ccccc23)CC1. The summed E-state index contributed by atoms with van der Waals surface area (Å²) in [6, 6.07) is 13.6. The van der Waals surface area contributed by atoms with E-state index in [2.05, 4.69) is 5.32 Å². The second-order valence-electron chi connectivity index (χ2n) is 6.24. The van der Waals surface area contributed by atoms with Crippen LogP contribution in [0.3, 0.4) is 0 Å². The first kappa shape index (κ1) is 17.0. The van der Waals surface area contributed by atoms with Gasteiger partial charge in [0.2, 0.25) is 0 Å². The average molecular weight is 335 g/mol. The van der Waals surface area contributed by atoms with Crippen molar-refractivity contribution in [2.45, 2.75) is 32.1 Å². The van der Waals surface area contributed by atoms with Crippen LogP contribution in [0.2, 0.25) is 0 Å². The fourth-order valence-corrected chi connectivity index (χ4v) is 3.10. The van der Waals surface area contributed by atoms with Gasteiger partial charge in [-0.15, -0.1) is 0 Å². The second kappa shape index (κ2) is 7.79. The van der Waals surface area contributed by atoms with Gasteiger partial charge in [-0.05, 0) is 48.6 Å². The summed E-state index contributed by atoms with van der Waals surface area (Å²) in [5.41, 5.74) is 2.82. The van der Waals surface area contributed by atoms with Crippen molar-refractivity contribution in [3.8, 4) is 0 Å². The Kier molecular flexibility index (Phi) is 5.29. The number of carboxylic acids is 1. The van der Waals surface area contributed by atoms with Crippen molar-refractivity contribution in [2.24, 2.45) is 0 Å². The third-order valence-electron chi connectivity index (χ3n) is 4.43. The summed E-state index contributed by atoms with van der Waals surface area (Å²) in [6.07, 6.45) is 7.23. The number of rotatable bonds is 6. The molecule has 4 nitrogen and oxygen atoms in total. The molecule has 1 aliphatic carbocycles. The van der Waals surface area contributed by atoms with Crippen molar-refractivity contribution in [1.82, 2.24) is 5.32 Å². The molecule has 0 radical (unpaired) electrons. The van der Waals surface area contributed by atoms with Gasteiger partial charge < -0.3 is 10.4 Å². The summed E-state index contributed by atoms with van der Waals surface area (Å²) in [5.74, 6) is -0.847. The van der Waals surface area contributed by atoms with Gasteiger partial charge >= 0.3 is 5.97 Å². The molecule has 1 aliphatic rings. The van der Waals surface area contributed by atoms with Crippen molar-refractivity contribution in [1.29, 1.82) is 0 Å². The third kappa shape index (κ3) is 4.35. The van der Waals surface area contributed by atoms with Gasteiger partial charge in [0, 0.05) is 17.7 Å². The van der Waals surface area contributed by atoms with E-state index in [-0.39, 0.29) is 12.3 Å². The molecule has 0 saturated carbocycles. The summed E-state index contributed by atoms with van der Waals surface area (Å²) in [7, 11) is 0. The van der Waals surface area contributed by atoms with Crippen molar-refractivity contribution in [3.05, 3.63) is 71.5 Å². The zero-order valence-corrected chi connectivity index (χ0v) is 14.0. The molecule has 2 aromatic carbocycles. The van der Waals surface area contributed by atoms with Crippen molar-refractivity contribution < 1.29 is 14.7 Å². The Bertz CT molecular complexity index is 859.